The molecule has 0 aromatic carbocycles. The topological polar surface area (TPSA) is 66.8 Å². The van der Waals surface area contributed by atoms with Crippen LogP contribution in [-0.2, 0) is 35.1 Å². The van der Waals surface area contributed by atoms with Crippen LogP contribution in [-0.4, -0.2) is 9.79 Å². The molecule has 0 aromatic heterocycles. The number of phosphoric acid groups is 1. The summed E-state index contributed by atoms with van der Waals surface area (Å²) in [5.41, 5.74) is 0. The van der Waals surface area contributed by atoms with Crippen molar-refractivity contribution in [2.45, 2.75) is 0 Å². The third-order valence-corrected chi connectivity index (χ3v) is 1.24. The van der Waals surface area contributed by atoms with E-state index in [0.717, 1.165) is 0 Å². The molecule has 0 aliphatic rings. The Hall–Kier alpha value is 1.42. The summed E-state index contributed by atoms with van der Waals surface area (Å²) in [4.78, 5) is 15.4. The second kappa shape index (κ2) is 4.32. The minimum atomic E-state index is -4.18. The molecule has 0 aliphatic heterocycles. The Morgan fingerprint density at radius 2 is 1.71 bits per heavy atom. The Balaban J connectivity index is 0. The Bertz CT molecular complexity index is 73.8. The van der Waals surface area contributed by atoms with E-state index in [1.54, 1.807) is 0 Å². The van der Waals surface area contributed by atoms with Gasteiger partial charge in [0, 0.05) is 35.7 Å². The van der Waals surface area contributed by atoms with Crippen LogP contribution >= 0.6 is 17.3 Å². The summed E-state index contributed by atoms with van der Waals surface area (Å²) in [6.45, 7) is 0. The minimum absolute atomic E-state index is 0. The molecule has 0 spiro atoms. The van der Waals surface area contributed by atoms with Crippen LogP contribution in [0, 0.1) is 0 Å². The molecule has 0 radical (unpaired) electrons. The van der Waals surface area contributed by atoms with Gasteiger partial charge in [0.05, 0.1) is 0 Å². The molecule has 0 aliphatic carbocycles. The SMILES string of the molecule is O=P(O)(O)OP.[Zr]. The van der Waals surface area contributed by atoms with Gasteiger partial charge in [-0.1, -0.05) is 0 Å². The van der Waals surface area contributed by atoms with Gasteiger partial charge in [-0.3, -0.25) is 4.31 Å². The fraction of sp³-hybridized carbons (Fsp3) is 0. The van der Waals surface area contributed by atoms with Crippen molar-refractivity contribution in [3.63, 3.8) is 0 Å². The average molecular weight is 221 g/mol. The van der Waals surface area contributed by atoms with Gasteiger partial charge < -0.3 is 9.79 Å². The van der Waals surface area contributed by atoms with E-state index in [1.807, 2.05) is 0 Å². The van der Waals surface area contributed by atoms with Crippen molar-refractivity contribution in [1.29, 1.82) is 0 Å². The minimum Gasteiger partial charge on any atom is -0.302 e. The van der Waals surface area contributed by atoms with Crippen LogP contribution in [0.3, 0.4) is 0 Å². The van der Waals surface area contributed by atoms with E-state index < -0.39 is 7.82 Å². The van der Waals surface area contributed by atoms with Crippen molar-refractivity contribution in [3.05, 3.63) is 0 Å². The molecule has 0 saturated heterocycles. The summed E-state index contributed by atoms with van der Waals surface area (Å²) in [7, 11) is -2.72. The van der Waals surface area contributed by atoms with Crippen LogP contribution in [0.15, 0.2) is 0 Å². The monoisotopic (exact) mass is 220 g/mol. The van der Waals surface area contributed by atoms with Crippen molar-refractivity contribution in [2.24, 2.45) is 0 Å². The zero-order chi connectivity index (χ0) is 5.21. The largest absolute Gasteiger partial charge is 0.472 e. The fourth-order valence-corrected chi connectivity index (χ4v) is 0. The first kappa shape index (κ1) is 11.3. The Labute approximate surface area is 62.3 Å². The molecule has 0 rings (SSSR count). The van der Waals surface area contributed by atoms with Gasteiger partial charge in [0.2, 0.25) is 0 Å². The van der Waals surface area contributed by atoms with Crippen LogP contribution < -0.4 is 0 Å². The molecule has 1 atom stereocenters. The van der Waals surface area contributed by atoms with Crippen LogP contribution in [0.5, 0.6) is 0 Å². The van der Waals surface area contributed by atoms with Crippen molar-refractivity contribution in [1.82, 2.24) is 0 Å². The Kier molecular flexibility index (Phi) is 6.94. The predicted molar refractivity (Wildman–Crippen MR) is 22.8 cm³/mol. The second-order valence-electron chi connectivity index (χ2n) is 0.596. The van der Waals surface area contributed by atoms with Crippen molar-refractivity contribution in [3.8, 4) is 0 Å². The van der Waals surface area contributed by atoms with Gasteiger partial charge in [0.1, 0.15) is 0 Å². The van der Waals surface area contributed by atoms with E-state index in [0.29, 0.717) is 0 Å². The molecule has 0 saturated carbocycles. The van der Waals surface area contributed by atoms with Crippen molar-refractivity contribution < 1.29 is 44.9 Å². The second-order valence-corrected chi connectivity index (χ2v) is 2.42. The first-order chi connectivity index (χ1) is 2.56. The summed E-state index contributed by atoms with van der Waals surface area (Å²) in [5, 5.41) is 0. The molecule has 7 heteroatoms. The maximum Gasteiger partial charge on any atom is 0.472 e. The van der Waals surface area contributed by atoms with Gasteiger partial charge in [-0.2, -0.15) is 0 Å². The molecule has 0 amide bonds. The Morgan fingerprint density at radius 3 is 1.71 bits per heavy atom. The van der Waals surface area contributed by atoms with E-state index in [4.69, 9.17) is 9.79 Å². The zero-order valence-corrected chi connectivity index (χ0v) is 7.74. The molecule has 7 heavy (non-hydrogen) atoms. The first-order valence-electron chi connectivity index (χ1n) is 1.00. The molecule has 0 heterocycles. The van der Waals surface area contributed by atoms with E-state index in [2.05, 4.69) is 4.31 Å². The fourth-order valence-electron chi connectivity index (χ4n) is 0. The predicted octanol–water partition coefficient (Wildman–Crippen LogP) is -0.117. The van der Waals surface area contributed by atoms with Gasteiger partial charge in [0.15, 0.2) is 0 Å². The van der Waals surface area contributed by atoms with Gasteiger partial charge >= 0.3 is 7.82 Å². The van der Waals surface area contributed by atoms with Gasteiger partial charge in [-0.05, 0) is 0 Å². The van der Waals surface area contributed by atoms with Crippen LogP contribution in [0.1, 0.15) is 0 Å². The van der Waals surface area contributed by atoms with Crippen molar-refractivity contribution >= 4 is 17.3 Å². The summed E-state index contributed by atoms with van der Waals surface area (Å²) in [6, 6.07) is 0. The van der Waals surface area contributed by atoms with E-state index in [1.165, 1.54) is 9.47 Å². The normalized spacial score (nSPS) is 10.1. The molecule has 2 N–H and O–H groups in total. The molecule has 4 nitrogen and oxygen atoms in total. The molecule has 0 bridgehead atoms. The average Bonchev–Trinajstić information content (AvgIpc) is 1.35. The molecular formula is H4O4P2Zr. The summed E-state index contributed by atoms with van der Waals surface area (Å²) < 4.78 is 13.0. The van der Waals surface area contributed by atoms with Crippen molar-refractivity contribution in [2.75, 3.05) is 0 Å². The van der Waals surface area contributed by atoms with Crippen LogP contribution in [0.4, 0.5) is 0 Å². The third-order valence-electron chi connectivity index (χ3n) is 0.137. The van der Waals surface area contributed by atoms with Crippen LogP contribution in [0.25, 0.3) is 0 Å². The molecule has 1 unspecified atom stereocenters. The third kappa shape index (κ3) is 11.2. The standard InChI is InChI=1S/H4O4P2.Zr/c1-6(2,3)4-5;/h5H2,(H2,1,2,3);. The summed E-state index contributed by atoms with van der Waals surface area (Å²) in [6.07, 6.45) is 0. The molecule has 0 fully saturated rings. The molecule has 0 aromatic rings. The zero-order valence-electron chi connectivity index (χ0n) is 3.24. The number of hydrogen-bond acceptors (Lipinski definition) is 2. The molecular weight excluding hydrogens is 217 g/mol. The number of rotatable bonds is 1. The van der Waals surface area contributed by atoms with E-state index >= 15 is 0 Å². The smallest absolute Gasteiger partial charge is 0.302 e. The first-order valence-corrected chi connectivity index (χ1v) is 3.00. The van der Waals surface area contributed by atoms with Gasteiger partial charge in [-0.15, -0.1) is 0 Å². The van der Waals surface area contributed by atoms with Gasteiger partial charge in [0.25, 0.3) is 0 Å². The van der Waals surface area contributed by atoms with E-state index in [-0.39, 0.29) is 26.2 Å². The maximum absolute atomic E-state index is 9.45. The van der Waals surface area contributed by atoms with Crippen LogP contribution in [0.2, 0.25) is 0 Å². The maximum atomic E-state index is 9.45. The number of hydrogen-bond donors (Lipinski definition) is 2. The van der Waals surface area contributed by atoms with Gasteiger partial charge in [-0.25, -0.2) is 4.57 Å². The quantitative estimate of drug-likeness (QED) is 0.606. The van der Waals surface area contributed by atoms with E-state index in [9.17, 15) is 4.57 Å². The molecule has 42 valence electrons. The summed E-state index contributed by atoms with van der Waals surface area (Å²) in [5.74, 6) is 0. The Morgan fingerprint density at radius 1 is 1.57 bits per heavy atom. The summed E-state index contributed by atoms with van der Waals surface area (Å²) >= 11 is 0.